The van der Waals surface area contributed by atoms with Crippen molar-refractivity contribution in [1.29, 1.82) is 0 Å². The fourth-order valence-electron chi connectivity index (χ4n) is 4.17. The number of fused-ring (bicyclic) bond motifs is 2. The van der Waals surface area contributed by atoms with Crippen LogP contribution in [0.25, 0.3) is 0 Å². The molecule has 0 amide bonds. The van der Waals surface area contributed by atoms with Gasteiger partial charge in [0.2, 0.25) is 0 Å². The Labute approximate surface area is 128 Å². The lowest BCUT2D eigenvalue weighted by Crippen LogP contribution is -2.57. The predicted octanol–water partition coefficient (Wildman–Crippen LogP) is 1.39. The monoisotopic (exact) mass is 302 g/mol. The zero-order valence-electron chi connectivity index (χ0n) is 12.0. The molecule has 22 heavy (non-hydrogen) atoms. The first-order valence-corrected chi connectivity index (χ1v) is 7.79. The molecule has 7 atom stereocenters. The molecule has 0 spiro atoms. The van der Waals surface area contributed by atoms with E-state index in [4.69, 9.17) is 18.9 Å². The zero-order valence-corrected chi connectivity index (χ0v) is 12.0. The van der Waals surface area contributed by atoms with Crippen LogP contribution in [0.1, 0.15) is 11.9 Å². The third kappa shape index (κ3) is 1.84. The van der Waals surface area contributed by atoms with Crippen molar-refractivity contribution in [3.05, 3.63) is 47.5 Å². The molecule has 1 aromatic rings. The predicted molar refractivity (Wildman–Crippen MR) is 75.7 cm³/mol. The Kier molecular flexibility index (Phi) is 2.93. The molecule has 5 nitrogen and oxygen atoms in total. The first kappa shape index (κ1) is 13.2. The van der Waals surface area contributed by atoms with Crippen molar-refractivity contribution in [3.8, 4) is 0 Å². The number of hydrogen-bond donors (Lipinski definition) is 1. The van der Waals surface area contributed by atoms with Crippen molar-refractivity contribution in [1.82, 2.24) is 0 Å². The van der Waals surface area contributed by atoms with Crippen LogP contribution in [0, 0.1) is 11.8 Å². The van der Waals surface area contributed by atoms with Gasteiger partial charge in [0.05, 0.1) is 25.4 Å². The molecule has 0 radical (unpaired) electrons. The lowest BCUT2D eigenvalue weighted by atomic mass is 9.81. The van der Waals surface area contributed by atoms with E-state index in [0.29, 0.717) is 13.2 Å². The minimum absolute atomic E-state index is 0.00337. The Morgan fingerprint density at radius 3 is 2.77 bits per heavy atom. The molecule has 1 aliphatic carbocycles. The molecule has 5 rings (SSSR count). The van der Waals surface area contributed by atoms with Gasteiger partial charge in [0.1, 0.15) is 6.10 Å². The Balaban J connectivity index is 1.44. The van der Waals surface area contributed by atoms with Crippen LogP contribution < -0.4 is 0 Å². The summed E-state index contributed by atoms with van der Waals surface area (Å²) in [6.45, 7) is 1.00. The van der Waals surface area contributed by atoms with Gasteiger partial charge in [-0.25, -0.2) is 0 Å². The van der Waals surface area contributed by atoms with Crippen molar-refractivity contribution in [3.63, 3.8) is 0 Å². The summed E-state index contributed by atoms with van der Waals surface area (Å²) in [5.41, 5.74) is 2.14. The second-order valence-corrected chi connectivity index (χ2v) is 6.37. The molecule has 116 valence electrons. The van der Waals surface area contributed by atoms with Crippen LogP contribution in [0.2, 0.25) is 0 Å². The maximum absolute atomic E-state index is 10.4. The smallest absolute Gasteiger partial charge is 0.184 e. The maximum atomic E-state index is 10.4. The first-order chi connectivity index (χ1) is 10.8. The van der Waals surface area contributed by atoms with Crippen LogP contribution in [0.4, 0.5) is 0 Å². The number of aliphatic hydroxyl groups is 1. The highest BCUT2D eigenvalue weighted by Gasteiger charge is 2.57. The molecule has 1 N–H and O–H groups in total. The van der Waals surface area contributed by atoms with Gasteiger partial charge in [-0.15, -0.1) is 0 Å². The molecule has 3 heterocycles. The number of ether oxygens (including phenoxy) is 4. The summed E-state index contributed by atoms with van der Waals surface area (Å²) >= 11 is 0. The number of aliphatic hydroxyl groups excluding tert-OH is 1. The van der Waals surface area contributed by atoms with Crippen molar-refractivity contribution in [2.45, 2.75) is 30.9 Å². The highest BCUT2D eigenvalue weighted by Crippen LogP contribution is 2.50. The molecule has 3 fully saturated rings. The van der Waals surface area contributed by atoms with E-state index in [-0.39, 0.29) is 30.3 Å². The van der Waals surface area contributed by atoms with Crippen molar-refractivity contribution >= 4 is 0 Å². The van der Waals surface area contributed by atoms with Gasteiger partial charge in [0.25, 0.3) is 0 Å². The third-order valence-corrected chi connectivity index (χ3v) is 5.15. The molecule has 3 saturated heterocycles. The molecule has 5 heteroatoms. The zero-order chi connectivity index (χ0) is 14.7. The third-order valence-electron chi connectivity index (χ3n) is 5.15. The van der Waals surface area contributed by atoms with Gasteiger partial charge in [-0.1, -0.05) is 36.4 Å². The van der Waals surface area contributed by atoms with E-state index in [2.05, 4.69) is 0 Å². The molecular weight excluding hydrogens is 284 g/mol. The molecule has 0 aromatic heterocycles. The second kappa shape index (κ2) is 4.88. The number of rotatable bonds is 1. The molecule has 1 unspecified atom stereocenters. The largest absolute Gasteiger partial charge is 0.389 e. The minimum Gasteiger partial charge on any atom is -0.389 e. The van der Waals surface area contributed by atoms with Crippen LogP contribution in [-0.4, -0.2) is 42.9 Å². The molecule has 1 aromatic carbocycles. The van der Waals surface area contributed by atoms with Crippen LogP contribution in [0.3, 0.4) is 0 Å². The van der Waals surface area contributed by atoms with Crippen LogP contribution in [0.15, 0.2) is 42.0 Å². The van der Waals surface area contributed by atoms with E-state index < -0.39 is 12.4 Å². The number of benzene rings is 1. The van der Waals surface area contributed by atoms with E-state index >= 15 is 0 Å². The quantitative estimate of drug-likeness (QED) is 0.795. The average molecular weight is 302 g/mol. The summed E-state index contributed by atoms with van der Waals surface area (Å²) in [4.78, 5) is 0. The lowest BCUT2D eigenvalue weighted by molar-refractivity contribution is -0.336. The summed E-state index contributed by atoms with van der Waals surface area (Å²) in [5.74, 6) is 0.113. The van der Waals surface area contributed by atoms with E-state index in [1.54, 1.807) is 0 Å². The van der Waals surface area contributed by atoms with Gasteiger partial charge in [-0.2, -0.15) is 0 Å². The van der Waals surface area contributed by atoms with Crippen LogP contribution >= 0.6 is 0 Å². The number of hydrogen-bond acceptors (Lipinski definition) is 5. The van der Waals surface area contributed by atoms with Gasteiger partial charge in [0.15, 0.2) is 12.6 Å². The van der Waals surface area contributed by atoms with Crippen molar-refractivity contribution in [2.75, 3.05) is 13.2 Å². The minimum atomic E-state index is -0.489. The van der Waals surface area contributed by atoms with Gasteiger partial charge < -0.3 is 24.1 Å². The average Bonchev–Trinajstić information content (AvgIpc) is 3.10. The highest BCUT2D eigenvalue weighted by molar-refractivity contribution is 5.27. The highest BCUT2D eigenvalue weighted by atomic mass is 16.7. The van der Waals surface area contributed by atoms with Gasteiger partial charge >= 0.3 is 0 Å². The Hall–Kier alpha value is -1.24. The fraction of sp³-hybridized carbons (Fsp3) is 0.529. The first-order valence-electron chi connectivity index (χ1n) is 7.79. The Bertz CT molecular complexity index is 600. The topological polar surface area (TPSA) is 57.2 Å². The SMILES string of the molecule is O[C@H]1C=C2CO[C@H]3O[C@@H]4COC(c5ccccc5)O[C@H]4[C@@H]1[C@H]23. The van der Waals surface area contributed by atoms with Gasteiger partial charge in [-0.3, -0.25) is 0 Å². The molecule has 3 aliphatic heterocycles. The molecular formula is C17H18O5. The summed E-state index contributed by atoms with van der Waals surface area (Å²) in [5, 5.41) is 10.4. The molecule has 0 bridgehead atoms. The fourth-order valence-corrected chi connectivity index (χ4v) is 4.17. The van der Waals surface area contributed by atoms with Crippen molar-refractivity contribution < 1.29 is 24.1 Å². The maximum Gasteiger partial charge on any atom is 0.184 e. The normalized spacial score (nSPS) is 46.0. The van der Waals surface area contributed by atoms with Crippen molar-refractivity contribution in [2.24, 2.45) is 11.8 Å². The molecule has 4 aliphatic rings. The van der Waals surface area contributed by atoms with E-state index in [1.165, 1.54) is 0 Å². The Morgan fingerprint density at radius 1 is 1.05 bits per heavy atom. The van der Waals surface area contributed by atoms with E-state index in [9.17, 15) is 5.11 Å². The summed E-state index contributed by atoms with van der Waals surface area (Å²) in [7, 11) is 0. The summed E-state index contributed by atoms with van der Waals surface area (Å²) < 4.78 is 23.7. The summed E-state index contributed by atoms with van der Waals surface area (Å²) in [6, 6.07) is 9.89. The second-order valence-electron chi connectivity index (χ2n) is 6.37. The molecule has 0 saturated carbocycles. The van der Waals surface area contributed by atoms with E-state index in [1.807, 2.05) is 36.4 Å². The van der Waals surface area contributed by atoms with Crippen LogP contribution in [-0.2, 0) is 18.9 Å². The Morgan fingerprint density at radius 2 is 1.91 bits per heavy atom. The standard InChI is InChI=1S/C17H18O5/c18-11-6-10-7-19-17-13(10)14(11)15-12(21-17)8-20-16(22-15)9-4-2-1-3-5-9/h1-6,11-18H,7-8H2/t11-,12+,13-,14-,15+,16?,17-/m0/s1. The van der Waals surface area contributed by atoms with Gasteiger partial charge in [-0.05, 0) is 5.57 Å². The lowest BCUT2D eigenvalue weighted by Gasteiger charge is -2.47. The van der Waals surface area contributed by atoms with Gasteiger partial charge in [0, 0.05) is 17.4 Å². The summed E-state index contributed by atoms with van der Waals surface area (Å²) in [6.07, 6.45) is 0.392. The van der Waals surface area contributed by atoms with Crippen LogP contribution in [0.5, 0.6) is 0 Å². The van der Waals surface area contributed by atoms with E-state index in [0.717, 1.165) is 11.1 Å².